The number of hydrogen-bond acceptors (Lipinski definition) is 5. The van der Waals surface area contributed by atoms with Gasteiger partial charge >= 0.3 is 0 Å². The highest BCUT2D eigenvalue weighted by Crippen LogP contribution is 2.50. The molecule has 6 nitrogen and oxygen atoms in total. The van der Waals surface area contributed by atoms with Crippen LogP contribution in [0.25, 0.3) is 0 Å². The van der Waals surface area contributed by atoms with Crippen LogP contribution in [0.4, 0.5) is 0 Å². The number of carbonyl (C=O) groups excluding carboxylic acids is 1. The summed E-state index contributed by atoms with van der Waals surface area (Å²) in [6.45, 7) is 5.55. The summed E-state index contributed by atoms with van der Waals surface area (Å²) >= 11 is 3.42. The summed E-state index contributed by atoms with van der Waals surface area (Å²) in [5, 5.41) is 18.6. The molecule has 0 spiro atoms. The minimum absolute atomic E-state index is 0.0451. The Balaban J connectivity index is 1.93. The molecule has 1 saturated heterocycles. The van der Waals surface area contributed by atoms with E-state index in [2.05, 4.69) is 21.0 Å². The zero-order chi connectivity index (χ0) is 20.9. The minimum atomic E-state index is -0.980. The topological polar surface area (TPSA) is 75.8 Å². The summed E-state index contributed by atoms with van der Waals surface area (Å²) in [5.41, 5.74) is 1.83. The highest BCUT2D eigenvalue weighted by Gasteiger charge is 2.61. The summed E-state index contributed by atoms with van der Waals surface area (Å²) in [5.74, 6) is -0.644. The maximum atomic E-state index is 13.5. The Morgan fingerprint density at radius 3 is 2.41 bits per heavy atom. The molecule has 2 aromatic carbocycles. The third-order valence-electron chi connectivity index (χ3n) is 5.75. The Morgan fingerprint density at radius 1 is 1.14 bits per heavy atom. The van der Waals surface area contributed by atoms with Crippen LogP contribution < -0.4 is 0 Å². The lowest BCUT2D eigenvalue weighted by Gasteiger charge is -2.33. The first-order chi connectivity index (χ1) is 13.7. The third kappa shape index (κ3) is 3.27. The number of carbonyl (C=O) groups is 1. The average Bonchev–Trinajstić information content (AvgIpc) is 3.02. The standard InChI is InChI=1S/C22H22BrN3O3/c1-22(2,3)21(27)20-17(13-8-10-15(23)11-9-13)19(26(28)29)18-16-7-5-4-6-14(16)12-24-25(18)20/h4-12,17-20H,1-3H3/t17-,18+,19-,20-/m1/s1. The van der Waals surface area contributed by atoms with Gasteiger partial charge in [0.05, 0.1) is 12.1 Å². The van der Waals surface area contributed by atoms with Gasteiger partial charge < -0.3 is 0 Å². The van der Waals surface area contributed by atoms with E-state index in [-0.39, 0.29) is 10.7 Å². The lowest BCUT2D eigenvalue weighted by atomic mass is 9.78. The van der Waals surface area contributed by atoms with E-state index in [4.69, 9.17) is 0 Å². The molecule has 2 aliphatic rings. The quantitative estimate of drug-likeness (QED) is 0.501. The Kier molecular flexibility index (Phi) is 4.81. The van der Waals surface area contributed by atoms with Gasteiger partial charge in [0.2, 0.25) is 6.04 Å². The molecule has 150 valence electrons. The van der Waals surface area contributed by atoms with Crippen LogP contribution in [0.2, 0.25) is 0 Å². The van der Waals surface area contributed by atoms with E-state index < -0.39 is 29.5 Å². The molecule has 4 rings (SSSR count). The molecule has 0 N–H and O–H groups in total. The zero-order valence-corrected chi connectivity index (χ0v) is 18.0. The van der Waals surface area contributed by atoms with Crippen LogP contribution in [0.1, 0.15) is 49.4 Å². The number of nitrogens with zero attached hydrogens (tertiary/aromatic N) is 3. The van der Waals surface area contributed by atoms with Crippen molar-refractivity contribution in [2.24, 2.45) is 10.5 Å². The number of hydrazone groups is 1. The number of hydrogen-bond donors (Lipinski definition) is 0. The molecular weight excluding hydrogens is 434 g/mol. The predicted molar refractivity (Wildman–Crippen MR) is 115 cm³/mol. The molecule has 1 fully saturated rings. The predicted octanol–water partition coefficient (Wildman–Crippen LogP) is 4.57. The van der Waals surface area contributed by atoms with Crippen LogP contribution in [0.15, 0.2) is 58.1 Å². The molecule has 0 aromatic heterocycles. The summed E-state index contributed by atoms with van der Waals surface area (Å²) in [4.78, 5) is 25.6. The van der Waals surface area contributed by atoms with Crippen molar-refractivity contribution in [2.75, 3.05) is 0 Å². The second-order valence-corrected chi connectivity index (χ2v) is 9.53. The molecule has 0 saturated carbocycles. The number of Topliss-reactive ketones (excluding diaryl/α,β-unsaturated/α-hetero) is 1. The summed E-state index contributed by atoms with van der Waals surface area (Å²) in [7, 11) is 0. The number of halogens is 1. The molecule has 2 heterocycles. The van der Waals surface area contributed by atoms with Crippen molar-refractivity contribution in [2.45, 2.75) is 44.8 Å². The highest BCUT2D eigenvalue weighted by molar-refractivity contribution is 9.10. The number of nitro groups is 1. The van der Waals surface area contributed by atoms with E-state index in [0.29, 0.717) is 0 Å². The van der Waals surface area contributed by atoms with E-state index in [1.807, 2.05) is 69.3 Å². The summed E-state index contributed by atoms with van der Waals surface area (Å²) < 4.78 is 0.886. The first-order valence-electron chi connectivity index (χ1n) is 9.54. The van der Waals surface area contributed by atoms with Gasteiger partial charge in [-0.25, -0.2) is 0 Å². The number of fused-ring (bicyclic) bond motifs is 3. The van der Waals surface area contributed by atoms with E-state index in [1.165, 1.54) is 0 Å². The largest absolute Gasteiger partial charge is 0.297 e. The van der Waals surface area contributed by atoms with Gasteiger partial charge in [0.25, 0.3) is 0 Å². The van der Waals surface area contributed by atoms with Gasteiger partial charge in [-0.1, -0.05) is 73.1 Å². The van der Waals surface area contributed by atoms with Crippen molar-refractivity contribution in [1.29, 1.82) is 0 Å². The number of benzene rings is 2. The van der Waals surface area contributed by atoms with Crippen LogP contribution in [0.3, 0.4) is 0 Å². The minimum Gasteiger partial charge on any atom is -0.297 e. The Hall–Kier alpha value is -2.54. The van der Waals surface area contributed by atoms with Gasteiger partial charge in [0.15, 0.2) is 5.78 Å². The molecule has 2 aliphatic heterocycles. The maximum Gasteiger partial charge on any atom is 0.248 e. The highest BCUT2D eigenvalue weighted by atomic mass is 79.9. The second-order valence-electron chi connectivity index (χ2n) is 8.61. The van der Waals surface area contributed by atoms with Gasteiger partial charge in [0, 0.05) is 20.4 Å². The van der Waals surface area contributed by atoms with Crippen molar-refractivity contribution >= 4 is 27.9 Å². The Bertz CT molecular complexity index is 997. The zero-order valence-electron chi connectivity index (χ0n) is 16.4. The van der Waals surface area contributed by atoms with Gasteiger partial charge in [0.1, 0.15) is 12.1 Å². The van der Waals surface area contributed by atoms with Crippen molar-refractivity contribution in [3.63, 3.8) is 0 Å². The van der Waals surface area contributed by atoms with E-state index in [1.54, 1.807) is 11.2 Å². The molecule has 0 bridgehead atoms. The van der Waals surface area contributed by atoms with E-state index >= 15 is 0 Å². The normalized spacial score (nSPS) is 25.4. The van der Waals surface area contributed by atoms with Crippen molar-refractivity contribution < 1.29 is 9.72 Å². The molecular formula is C22H22BrN3O3. The van der Waals surface area contributed by atoms with Gasteiger partial charge in [-0.15, -0.1) is 0 Å². The fourth-order valence-corrected chi connectivity index (χ4v) is 4.68. The molecule has 4 atom stereocenters. The van der Waals surface area contributed by atoms with Crippen LogP contribution >= 0.6 is 15.9 Å². The van der Waals surface area contributed by atoms with Crippen LogP contribution in [-0.4, -0.2) is 34.0 Å². The molecule has 0 unspecified atom stereocenters. The fraction of sp³-hybridized carbons (Fsp3) is 0.364. The van der Waals surface area contributed by atoms with E-state index in [0.717, 1.165) is 21.2 Å². The van der Waals surface area contributed by atoms with Crippen LogP contribution in [-0.2, 0) is 4.79 Å². The summed E-state index contributed by atoms with van der Waals surface area (Å²) in [6, 6.07) is 12.7. The number of rotatable bonds is 3. The molecule has 29 heavy (non-hydrogen) atoms. The number of ketones is 1. The molecule has 0 radical (unpaired) electrons. The molecule has 2 aromatic rings. The Morgan fingerprint density at radius 2 is 1.79 bits per heavy atom. The summed E-state index contributed by atoms with van der Waals surface area (Å²) in [6.07, 6.45) is 1.70. The molecule has 0 amide bonds. The third-order valence-corrected chi connectivity index (χ3v) is 6.28. The van der Waals surface area contributed by atoms with Gasteiger partial charge in [-0.2, -0.15) is 5.10 Å². The lowest BCUT2D eigenvalue weighted by Crippen LogP contribution is -2.43. The molecule has 7 heteroatoms. The fourth-order valence-electron chi connectivity index (χ4n) is 4.41. The van der Waals surface area contributed by atoms with Crippen molar-refractivity contribution in [3.8, 4) is 0 Å². The van der Waals surface area contributed by atoms with Gasteiger partial charge in [-0.3, -0.25) is 19.9 Å². The van der Waals surface area contributed by atoms with Crippen molar-refractivity contribution in [1.82, 2.24) is 5.01 Å². The van der Waals surface area contributed by atoms with Crippen LogP contribution in [0.5, 0.6) is 0 Å². The smallest absolute Gasteiger partial charge is 0.248 e. The SMILES string of the molecule is CC(C)(C)C(=O)[C@H]1[C@H](c2ccc(Br)cc2)[C@@H]([N+](=O)[O-])[C@@H]2c3ccccc3C=NN12. The lowest BCUT2D eigenvalue weighted by molar-refractivity contribution is -0.529. The first-order valence-corrected chi connectivity index (χ1v) is 10.3. The molecule has 0 aliphatic carbocycles. The van der Waals surface area contributed by atoms with Crippen molar-refractivity contribution in [3.05, 3.63) is 79.8 Å². The first kappa shape index (κ1) is 19.8. The average molecular weight is 456 g/mol. The van der Waals surface area contributed by atoms with Gasteiger partial charge in [-0.05, 0) is 23.3 Å². The Labute approximate surface area is 177 Å². The maximum absolute atomic E-state index is 13.5. The van der Waals surface area contributed by atoms with E-state index in [9.17, 15) is 14.9 Å². The second kappa shape index (κ2) is 7.06. The van der Waals surface area contributed by atoms with Crippen LogP contribution in [0, 0.1) is 15.5 Å². The monoisotopic (exact) mass is 455 g/mol.